The third kappa shape index (κ3) is 7.00. The second kappa shape index (κ2) is 10.5. The van der Waals surface area contributed by atoms with Gasteiger partial charge in [0.15, 0.2) is 5.96 Å². The summed E-state index contributed by atoms with van der Waals surface area (Å²) in [6, 6.07) is 5.48. The molecule has 1 aromatic heterocycles. The first-order valence-corrected chi connectivity index (χ1v) is 8.25. The number of nitrogens with one attached hydrogen (secondary N) is 2. The Morgan fingerprint density at radius 2 is 2.04 bits per heavy atom. The van der Waals surface area contributed by atoms with E-state index >= 15 is 0 Å². The molecule has 0 aliphatic rings. The molecule has 27 heavy (non-hydrogen) atoms. The van der Waals surface area contributed by atoms with Gasteiger partial charge in [0.05, 0.1) is 12.1 Å². The summed E-state index contributed by atoms with van der Waals surface area (Å²) in [4.78, 5) is 8.23. The lowest BCUT2D eigenvalue weighted by Gasteiger charge is -2.16. The molecule has 150 valence electrons. The minimum absolute atomic E-state index is 0. The van der Waals surface area contributed by atoms with E-state index in [9.17, 15) is 13.2 Å². The maximum absolute atomic E-state index is 12.8. The number of aryl methyl sites for hydroxylation is 1. The largest absolute Gasteiger partial charge is 0.416 e. The Hall–Kier alpha value is -1.85. The number of aromatic nitrogens is 3. The van der Waals surface area contributed by atoms with Crippen LogP contribution in [0.4, 0.5) is 13.2 Å². The van der Waals surface area contributed by atoms with Crippen molar-refractivity contribution in [3.8, 4) is 0 Å². The van der Waals surface area contributed by atoms with Gasteiger partial charge in [-0.1, -0.05) is 25.1 Å². The van der Waals surface area contributed by atoms with Crippen molar-refractivity contribution in [1.82, 2.24) is 25.4 Å². The molecule has 0 aliphatic heterocycles. The fourth-order valence-electron chi connectivity index (χ4n) is 2.46. The van der Waals surface area contributed by atoms with E-state index < -0.39 is 11.7 Å². The van der Waals surface area contributed by atoms with Crippen LogP contribution in [-0.4, -0.2) is 34.3 Å². The van der Waals surface area contributed by atoms with Crippen LogP contribution in [0, 0.1) is 0 Å². The first kappa shape index (κ1) is 23.2. The van der Waals surface area contributed by atoms with Gasteiger partial charge in [-0.3, -0.25) is 9.67 Å². The topological polar surface area (TPSA) is 67.1 Å². The van der Waals surface area contributed by atoms with Crippen LogP contribution in [0.3, 0.4) is 0 Å². The van der Waals surface area contributed by atoms with Crippen LogP contribution in [0.1, 0.15) is 36.2 Å². The van der Waals surface area contributed by atoms with Crippen molar-refractivity contribution in [2.75, 3.05) is 13.6 Å². The Morgan fingerprint density at radius 3 is 2.63 bits per heavy atom. The molecule has 2 aromatic rings. The van der Waals surface area contributed by atoms with E-state index in [1.165, 1.54) is 18.5 Å². The summed E-state index contributed by atoms with van der Waals surface area (Å²) < 4.78 is 40.1. The molecule has 0 saturated heterocycles. The van der Waals surface area contributed by atoms with E-state index in [4.69, 9.17) is 0 Å². The highest BCUT2D eigenvalue weighted by atomic mass is 127. The predicted octanol–water partition coefficient (Wildman–Crippen LogP) is 3.31. The van der Waals surface area contributed by atoms with Gasteiger partial charge in [-0.05, 0) is 24.0 Å². The lowest BCUT2D eigenvalue weighted by molar-refractivity contribution is -0.137. The molecule has 0 saturated carbocycles. The van der Waals surface area contributed by atoms with E-state index in [0.29, 0.717) is 31.0 Å². The molecule has 0 bridgehead atoms. The van der Waals surface area contributed by atoms with E-state index in [0.717, 1.165) is 11.9 Å². The number of benzene rings is 1. The maximum atomic E-state index is 12.8. The zero-order valence-electron chi connectivity index (χ0n) is 15.4. The highest BCUT2D eigenvalue weighted by Gasteiger charge is 2.30. The van der Waals surface area contributed by atoms with Gasteiger partial charge in [0.2, 0.25) is 0 Å². The molecule has 2 rings (SSSR count). The highest BCUT2D eigenvalue weighted by Crippen LogP contribution is 2.31. The van der Waals surface area contributed by atoms with Crippen molar-refractivity contribution in [2.24, 2.45) is 12.0 Å². The molecule has 0 aliphatic carbocycles. The Morgan fingerprint density at radius 1 is 1.30 bits per heavy atom. The van der Waals surface area contributed by atoms with E-state index in [2.05, 4.69) is 25.7 Å². The summed E-state index contributed by atoms with van der Waals surface area (Å²) >= 11 is 0. The molecule has 2 N–H and O–H groups in total. The number of guanidine groups is 1. The van der Waals surface area contributed by atoms with Crippen molar-refractivity contribution in [3.63, 3.8) is 0 Å². The quantitative estimate of drug-likeness (QED) is 0.366. The molecule has 10 heteroatoms. The fourth-order valence-corrected chi connectivity index (χ4v) is 2.46. The fraction of sp³-hybridized carbons (Fsp3) is 0.471. The van der Waals surface area contributed by atoms with Gasteiger partial charge in [0.1, 0.15) is 12.2 Å². The number of aliphatic imine (C=N–C) groups is 1. The maximum Gasteiger partial charge on any atom is 0.416 e. The SMILES string of the molecule is CN=C(NCCC(C)c1cccc(C(F)(F)F)c1)NCc1ncnn1C.I. The Kier molecular flexibility index (Phi) is 9.00. The number of nitrogens with zero attached hydrogens (tertiary/aromatic N) is 4. The lowest BCUT2D eigenvalue weighted by atomic mass is 9.96. The van der Waals surface area contributed by atoms with Crippen LogP contribution in [0.2, 0.25) is 0 Å². The van der Waals surface area contributed by atoms with Crippen LogP contribution in [-0.2, 0) is 19.8 Å². The van der Waals surface area contributed by atoms with Gasteiger partial charge in [0.25, 0.3) is 0 Å². The summed E-state index contributed by atoms with van der Waals surface area (Å²) in [6.07, 6.45) is -2.17. The minimum atomic E-state index is -4.32. The predicted molar refractivity (Wildman–Crippen MR) is 109 cm³/mol. The number of halogens is 4. The molecule has 6 nitrogen and oxygen atoms in total. The zero-order chi connectivity index (χ0) is 19.2. The number of hydrogen-bond donors (Lipinski definition) is 2. The van der Waals surface area contributed by atoms with Crippen molar-refractivity contribution in [3.05, 3.63) is 47.5 Å². The second-order valence-electron chi connectivity index (χ2n) is 5.97. The summed E-state index contributed by atoms with van der Waals surface area (Å²) in [5.74, 6) is 1.36. The van der Waals surface area contributed by atoms with Gasteiger partial charge < -0.3 is 10.6 Å². The Balaban J connectivity index is 0.00000364. The molecule has 0 amide bonds. The Bertz CT molecular complexity index is 744. The highest BCUT2D eigenvalue weighted by molar-refractivity contribution is 14.0. The lowest BCUT2D eigenvalue weighted by Crippen LogP contribution is -2.38. The second-order valence-corrected chi connectivity index (χ2v) is 5.97. The average Bonchev–Trinajstić information content (AvgIpc) is 3.02. The van der Waals surface area contributed by atoms with E-state index in [1.54, 1.807) is 24.8 Å². The summed E-state index contributed by atoms with van der Waals surface area (Å²) in [7, 11) is 3.46. The van der Waals surface area contributed by atoms with Gasteiger partial charge in [-0.15, -0.1) is 24.0 Å². The normalized spacial score (nSPS) is 13.0. The van der Waals surface area contributed by atoms with Crippen LogP contribution in [0.25, 0.3) is 0 Å². The number of rotatable bonds is 6. The number of alkyl halides is 3. The van der Waals surface area contributed by atoms with Crippen LogP contribution >= 0.6 is 24.0 Å². The third-order valence-corrected chi connectivity index (χ3v) is 4.10. The molecule has 1 heterocycles. The molecule has 1 atom stereocenters. The molecule has 0 radical (unpaired) electrons. The van der Waals surface area contributed by atoms with Gasteiger partial charge >= 0.3 is 6.18 Å². The van der Waals surface area contributed by atoms with E-state index in [-0.39, 0.29) is 29.9 Å². The molecule has 1 aromatic carbocycles. The third-order valence-electron chi connectivity index (χ3n) is 4.10. The summed E-state index contributed by atoms with van der Waals surface area (Å²) in [5, 5.41) is 10.3. The van der Waals surface area contributed by atoms with Crippen molar-refractivity contribution in [2.45, 2.75) is 32.0 Å². The first-order chi connectivity index (χ1) is 12.3. The number of hydrogen-bond acceptors (Lipinski definition) is 3. The van der Waals surface area contributed by atoms with Crippen LogP contribution < -0.4 is 10.6 Å². The zero-order valence-corrected chi connectivity index (χ0v) is 17.7. The van der Waals surface area contributed by atoms with Crippen LogP contribution in [0.15, 0.2) is 35.6 Å². The van der Waals surface area contributed by atoms with Gasteiger partial charge in [-0.25, -0.2) is 4.98 Å². The first-order valence-electron chi connectivity index (χ1n) is 8.25. The molecular formula is C17H24F3IN6. The standard InChI is InChI=1S/C17H23F3N6.HI/c1-12(13-5-4-6-14(9-13)17(18,19)20)7-8-22-16(21-2)23-10-15-24-11-25-26(15)3;/h4-6,9,11-12H,7-8,10H2,1-3H3,(H2,21,22,23);1H. The summed E-state index contributed by atoms with van der Waals surface area (Å²) in [5.41, 5.74) is 0.0552. The molecule has 0 fully saturated rings. The minimum Gasteiger partial charge on any atom is -0.356 e. The van der Waals surface area contributed by atoms with Gasteiger partial charge in [0, 0.05) is 20.6 Å². The average molecular weight is 496 g/mol. The molecular weight excluding hydrogens is 472 g/mol. The van der Waals surface area contributed by atoms with E-state index in [1.807, 2.05) is 6.92 Å². The van der Waals surface area contributed by atoms with Crippen molar-refractivity contribution in [1.29, 1.82) is 0 Å². The smallest absolute Gasteiger partial charge is 0.356 e. The summed E-state index contributed by atoms with van der Waals surface area (Å²) in [6.45, 7) is 2.96. The molecule has 0 spiro atoms. The van der Waals surface area contributed by atoms with Crippen molar-refractivity contribution < 1.29 is 13.2 Å². The van der Waals surface area contributed by atoms with Crippen LogP contribution in [0.5, 0.6) is 0 Å². The monoisotopic (exact) mass is 496 g/mol. The molecule has 1 unspecified atom stereocenters. The Labute approximate surface area is 173 Å². The van der Waals surface area contributed by atoms with Crippen molar-refractivity contribution >= 4 is 29.9 Å². The van der Waals surface area contributed by atoms with Gasteiger partial charge in [-0.2, -0.15) is 18.3 Å².